The molecule has 21 heteroatoms. The summed E-state index contributed by atoms with van der Waals surface area (Å²) in [5.41, 5.74) is 0. The molecule has 20 nitrogen and oxygen atoms in total. The van der Waals surface area contributed by atoms with Crippen molar-refractivity contribution in [3.63, 3.8) is 0 Å². The molecule has 1 aliphatic heterocycles. The molecule has 0 aliphatic carbocycles. The Labute approximate surface area is 274 Å². The normalized spacial score (nSPS) is 25.8. The van der Waals surface area contributed by atoms with Gasteiger partial charge in [-0.15, -0.1) is 0 Å². The van der Waals surface area contributed by atoms with Crippen molar-refractivity contribution in [2.75, 3.05) is 45.3 Å². The molecule has 1 aliphatic rings. The molecule has 7 amide bonds. The predicted molar refractivity (Wildman–Crippen MR) is 162 cm³/mol. The molecule has 0 saturated carbocycles. The van der Waals surface area contributed by atoms with Gasteiger partial charge in [-0.1, -0.05) is 0 Å². The first kappa shape index (κ1) is 40.5. The number of rotatable bonds is 6. The van der Waals surface area contributed by atoms with Crippen molar-refractivity contribution >= 4 is 65.9 Å². The number of carbonyl (C=O) groups excluding carboxylic acids is 7. The molecule has 0 aromatic rings. The zero-order valence-electron chi connectivity index (χ0n) is 25.8. The minimum Gasteiger partial charge on any atom is -0.481 e. The van der Waals surface area contributed by atoms with Gasteiger partial charge in [0.2, 0.25) is 41.4 Å². The lowest BCUT2D eigenvalue weighted by molar-refractivity contribution is -0.141. The van der Waals surface area contributed by atoms with Crippen molar-refractivity contribution in [2.24, 2.45) is 0 Å². The molecule has 1 heterocycles. The van der Waals surface area contributed by atoms with Gasteiger partial charge in [-0.05, 0) is 20.3 Å². The lowest BCUT2D eigenvalue weighted by atomic mass is 10.1. The molecular weight excluding hydrogens is 650 g/mol. The van der Waals surface area contributed by atoms with Crippen molar-refractivity contribution in [1.29, 1.82) is 0 Å². The molecule has 9 N–H and O–H groups in total. The second-order valence-electron chi connectivity index (χ2n) is 10.1. The molecular formula is C26H41N7O13S. The number of ether oxygens (including phenoxy) is 2. The third-order valence-electron chi connectivity index (χ3n) is 6.22. The predicted octanol–water partition coefficient (Wildman–Crippen LogP) is -5.00. The molecule has 264 valence electrons. The molecule has 0 aromatic carbocycles. The number of carbonyl (C=O) groups is 9. The number of carboxylic acids is 2. The average Bonchev–Trinajstić information content (AvgIpc) is 3.00. The van der Waals surface area contributed by atoms with Crippen LogP contribution in [0.2, 0.25) is 0 Å². The Bertz CT molecular complexity index is 1170. The standard InChI is InChI=1S/C26H41N7O13S/c1-13-22(40)27-5-6-45-7-8-46-11-19(35)31-17(12-47)24(42)28-10-18(34)29-14(2)23(41)32-15(3-4-20(36)37)25(43)33-16(9-21(38)39)26(44)30-13/h13-17,47H,3-12H2,1-2H3,(H,27,40)(H,28,42)(H,29,34)(H,30,44)(H,31,35)(H,32,41)(H,33,43)(H,36,37)(H,38,39)/t13-,14-,15-,16-,17-/m0/s1. The highest BCUT2D eigenvalue weighted by molar-refractivity contribution is 7.80. The topological polar surface area (TPSA) is 297 Å². The molecule has 0 aromatic heterocycles. The van der Waals surface area contributed by atoms with Gasteiger partial charge < -0.3 is 56.9 Å². The van der Waals surface area contributed by atoms with Gasteiger partial charge in [0.15, 0.2) is 0 Å². The van der Waals surface area contributed by atoms with Crippen molar-refractivity contribution in [3.8, 4) is 0 Å². The van der Waals surface area contributed by atoms with E-state index in [0.29, 0.717) is 0 Å². The fraction of sp³-hybridized carbons (Fsp3) is 0.654. The quantitative estimate of drug-likeness (QED) is 0.117. The lowest BCUT2D eigenvalue weighted by Crippen LogP contribution is -2.58. The Morgan fingerprint density at radius 2 is 1.30 bits per heavy atom. The fourth-order valence-electron chi connectivity index (χ4n) is 3.73. The van der Waals surface area contributed by atoms with Gasteiger partial charge in [-0.3, -0.25) is 43.2 Å². The highest BCUT2D eigenvalue weighted by Crippen LogP contribution is 2.03. The number of carboxylic acid groups (broad SMARTS) is 2. The van der Waals surface area contributed by atoms with Crippen LogP contribution in [-0.2, 0) is 52.6 Å². The second kappa shape index (κ2) is 21.3. The second-order valence-corrected chi connectivity index (χ2v) is 10.5. The van der Waals surface area contributed by atoms with Crippen LogP contribution in [0, 0.1) is 0 Å². The van der Waals surface area contributed by atoms with Crippen LogP contribution in [0.1, 0.15) is 33.1 Å². The summed E-state index contributed by atoms with van der Waals surface area (Å²) in [7, 11) is 0. The molecule has 47 heavy (non-hydrogen) atoms. The largest absolute Gasteiger partial charge is 0.481 e. The van der Waals surface area contributed by atoms with E-state index in [1.165, 1.54) is 13.8 Å². The Morgan fingerprint density at radius 1 is 0.681 bits per heavy atom. The van der Waals surface area contributed by atoms with Gasteiger partial charge in [-0.25, -0.2) is 0 Å². The highest BCUT2D eigenvalue weighted by atomic mass is 32.1. The van der Waals surface area contributed by atoms with Gasteiger partial charge in [0, 0.05) is 18.7 Å². The van der Waals surface area contributed by atoms with E-state index in [1.807, 2.05) is 0 Å². The van der Waals surface area contributed by atoms with Crippen LogP contribution in [0.25, 0.3) is 0 Å². The summed E-state index contributed by atoms with van der Waals surface area (Å²) >= 11 is 4.02. The molecule has 0 radical (unpaired) electrons. The van der Waals surface area contributed by atoms with Crippen LogP contribution in [0.15, 0.2) is 0 Å². The van der Waals surface area contributed by atoms with E-state index in [0.717, 1.165) is 0 Å². The van der Waals surface area contributed by atoms with E-state index in [9.17, 15) is 48.3 Å². The molecule has 0 unspecified atom stereocenters. The van der Waals surface area contributed by atoms with Gasteiger partial charge in [0.1, 0.15) is 36.8 Å². The first-order chi connectivity index (χ1) is 22.1. The Kier molecular flexibility index (Phi) is 18.4. The highest BCUT2D eigenvalue weighted by Gasteiger charge is 2.31. The van der Waals surface area contributed by atoms with E-state index in [4.69, 9.17) is 14.6 Å². The molecule has 1 rings (SSSR count). The van der Waals surface area contributed by atoms with Gasteiger partial charge in [0.25, 0.3) is 0 Å². The summed E-state index contributed by atoms with van der Waals surface area (Å²) in [6.07, 6.45) is -2.01. The maximum Gasteiger partial charge on any atom is 0.305 e. The lowest BCUT2D eigenvalue weighted by Gasteiger charge is -2.24. The Balaban J connectivity index is 3.15. The number of hydrogen-bond donors (Lipinski definition) is 10. The third kappa shape index (κ3) is 16.6. The first-order valence-corrected chi connectivity index (χ1v) is 15.0. The van der Waals surface area contributed by atoms with Crippen molar-refractivity contribution in [2.45, 2.75) is 63.3 Å². The van der Waals surface area contributed by atoms with Crippen LogP contribution >= 0.6 is 12.6 Å². The van der Waals surface area contributed by atoms with Gasteiger partial charge in [0.05, 0.1) is 32.8 Å². The molecule has 1 fully saturated rings. The van der Waals surface area contributed by atoms with E-state index in [-0.39, 0.29) is 32.1 Å². The summed E-state index contributed by atoms with van der Waals surface area (Å²) in [5.74, 6) is -8.98. The van der Waals surface area contributed by atoms with Crippen LogP contribution in [0.4, 0.5) is 0 Å². The first-order valence-electron chi connectivity index (χ1n) is 14.4. The minimum atomic E-state index is -1.73. The van der Waals surface area contributed by atoms with Crippen LogP contribution in [-0.4, -0.2) is 139 Å². The van der Waals surface area contributed by atoms with E-state index < -0.39 is 116 Å². The number of nitrogens with one attached hydrogen (secondary N) is 7. The number of amides is 7. The summed E-state index contributed by atoms with van der Waals surface area (Å²) in [6, 6.07) is -6.95. The van der Waals surface area contributed by atoms with Crippen molar-refractivity contribution < 1.29 is 62.8 Å². The van der Waals surface area contributed by atoms with Crippen molar-refractivity contribution in [3.05, 3.63) is 0 Å². The average molecular weight is 692 g/mol. The summed E-state index contributed by atoms with van der Waals surface area (Å²) in [5, 5.41) is 34.5. The summed E-state index contributed by atoms with van der Waals surface area (Å²) < 4.78 is 10.5. The molecule has 0 bridgehead atoms. The number of aliphatic carboxylic acids is 2. The summed E-state index contributed by atoms with van der Waals surface area (Å²) in [6.45, 7) is 1.56. The van der Waals surface area contributed by atoms with Crippen LogP contribution in [0.3, 0.4) is 0 Å². The van der Waals surface area contributed by atoms with E-state index in [1.54, 1.807) is 0 Å². The number of thiol groups is 1. The van der Waals surface area contributed by atoms with Crippen molar-refractivity contribution in [1.82, 2.24) is 37.2 Å². The van der Waals surface area contributed by atoms with Crippen LogP contribution < -0.4 is 37.2 Å². The molecule has 5 atom stereocenters. The smallest absolute Gasteiger partial charge is 0.305 e. The Hall–Kier alpha value is -4.50. The zero-order valence-corrected chi connectivity index (χ0v) is 26.7. The molecule has 1 saturated heterocycles. The monoisotopic (exact) mass is 691 g/mol. The molecule has 0 spiro atoms. The maximum absolute atomic E-state index is 13.1. The van der Waals surface area contributed by atoms with Gasteiger partial charge >= 0.3 is 11.9 Å². The maximum atomic E-state index is 13.1. The van der Waals surface area contributed by atoms with Crippen LogP contribution in [0.5, 0.6) is 0 Å². The SMILES string of the molecule is C[C@@H]1NC(=O)CNC(=O)[C@H](CS)NC(=O)COCCOCCNC(=O)[C@H](C)NC(=O)[C@H](CC(=O)O)NC(=O)[C@H](CCC(=O)O)NC1=O. The Morgan fingerprint density at radius 3 is 1.94 bits per heavy atom. The fourth-order valence-corrected chi connectivity index (χ4v) is 3.99. The minimum absolute atomic E-state index is 0.00823. The number of hydrogen-bond acceptors (Lipinski definition) is 12. The zero-order chi connectivity index (χ0) is 35.5. The van der Waals surface area contributed by atoms with E-state index >= 15 is 0 Å². The van der Waals surface area contributed by atoms with Gasteiger partial charge in [-0.2, -0.15) is 12.6 Å². The van der Waals surface area contributed by atoms with E-state index in [2.05, 4.69) is 49.8 Å². The third-order valence-corrected chi connectivity index (χ3v) is 6.59. The summed E-state index contributed by atoms with van der Waals surface area (Å²) in [4.78, 5) is 111.